The van der Waals surface area contributed by atoms with E-state index in [0.717, 1.165) is 5.92 Å². The zero-order valence-corrected chi connectivity index (χ0v) is 11.3. The van der Waals surface area contributed by atoms with Crippen LogP contribution in [0.15, 0.2) is 15.9 Å². The number of halogens is 1. The fraction of sp³-hybridized carbons (Fsp3) is 0.600. The highest BCUT2D eigenvalue weighted by atomic mass is 79.9. The number of thiophene rings is 1. The summed E-state index contributed by atoms with van der Waals surface area (Å²) in [5.74, 6) is 3.31. The Bertz CT molecular complexity index is 245. The Morgan fingerprint density at radius 1 is 1.62 bits per heavy atom. The van der Waals surface area contributed by atoms with Crippen LogP contribution in [-0.4, -0.2) is 5.75 Å². The summed E-state index contributed by atoms with van der Waals surface area (Å²) in [6.07, 6.45) is 1.29. The van der Waals surface area contributed by atoms with Gasteiger partial charge in [-0.25, -0.2) is 0 Å². The lowest BCUT2D eigenvalue weighted by Crippen LogP contribution is -1.95. The minimum Gasteiger partial charge on any atom is -0.156 e. The first-order valence-electron chi connectivity index (χ1n) is 4.53. The summed E-state index contributed by atoms with van der Waals surface area (Å²) < 4.78 is 1.22. The van der Waals surface area contributed by atoms with Gasteiger partial charge in [-0.2, -0.15) is 11.8 Å². The predicted octanol–water partition coefficient (Wildman–Crippen LogP) is 4.79. The largest absolute Gasteiger partial charge is 0.156 e. The van der Waals surface area contributed by atoms with Crippen LogP contribution in [0.3, 0.4) is 0 Å². The molecular weight excluding hydrogens is 264 g/mol. The first kappa shape index (κ1) is 11.6. The van der Waals surface area contributed by atoms with Gasteiger partial charge in [0.25, 0.3) is 0 Å². The number of hydrogen-bond acceptors (Lipinski definition) is 2. The average molecular weight is 279 g/mol. The molecule has 1 atom stereocenters. The molecule has 1 aromatic heterocycles. The smallest absolute Gasteiger partial charge is 0.0285 e. The second-order valence-corrected chi connectivity index (χ2v) is 6.20. The van der Waals surface area contributed by atoms with E-state index >= 15 is 0 Å². The van der Waals surface area contributed by atoms with Crippen molar-refractivity contribution >= 4 is 39.0 Å². The van der Waals surface area contributed by atoms with Gasteiger partial charge < -0.3 is 0 Å². The van der Waals surface area contributed by atoms with Crippen LogP contribution in [-0.2, 0) is 5.75 Å². The van der Waals surface area contributed by atoms with Crippen LogP contribution in [0.25, 0.3) is 0 Å². The summed E-state index contributed by atoms with van der Waals surface area (Å²) in [6, 6.07) is 2.22. The molecule has 0 nitrogen and oxygen atoms in total. The molecule has 0 aliphatic rings. The molecule has 0 fully saturated rings. The molecule has 0 radical (unpaired) electrons. The number of rotatable bonds is 5. The van der Waals surface area contributed by atoms with Crippen molar-refractivity contribution in [3.05, 3.63) is 20.8 Å². The standard InChI is InChI=1S/C10H15BrS2/c1-3-8(2)5-12-7-10-4-9(11)6-13-10/h4,6,8H,3,5,7H2,1-2H3. The molecule has 0 saturated carbocycles. The van der Waals surface area contributed by atoms with Crippen LogP contribution < -0.4 is 0 Å². The van der Waals surface area contributed by atoms with Crippen molar-refractivity contribution in [2.24, 2.45) is 5.92 Å². The van der Waals surface area contributed by atoms with E-state index in [9.17, 15) is 0 Å². The van der Waals surface area contributed by atoms with E-state index in [1.54, 1.807) is 0 Å². The van der Waals surface area contributed by atoms with Gasteiger partial charge in [-0.3, -0.25) is 0 Å². The topological polar surface area (TPSA) is 0 Å². The normalized spacial score (nSPS) is 13.2. The highest BCUT2D eigenvalue weighted by Gasteiger charge is 2.01. The van der Waals surface area contributed by atoms with Crippen LogP contribution in [0.1, 0.15) is 25.1 Å². The van der Waals surface area contributed by atoms with Crippen LogP contribution in [0.5, 0.6) is 0 Å². The minimum atomic E-state index is 0.855. The lowest BCUT2D eigenvalue weighted by Gasteiger charge is -2.06. The fourth-order valence-electron chi connectivity index (χ4n) is 0.908. The van der Waals surface area contributed by atoms with Crippen molar-refractivity contribution in [2.45, 2.75) is 26.0 Å². The van der Waals surface area contributed by atoms with E-state index in [4.69, 9.17) is 0 Å². The molecule has 0 aliphatic heterocycles. The Morgan fingerprint density at radius 3 is 2.92 bits per heavy atom. The quantitative estimate of drug-likeness (QED) is 0.746. The molecule has 0 bridgehead atoms. The third-order valence-electron chi connectivity index (χ3n) is 1.97. The van der Waals surface area contributed by atoms with Gasteiger partial charge in [-0.1, -0.05) is 20.3 Å². The molecule has 1 heterocycles. The van der Waals surface area contributed by atoms with Gasteiger partial charge in [0.1, 0.15) is 0 Å². The highest BCUT2D eigenvalue weighted by molar-refractivity contribution is 9.10. The molecule has 13 heavy (non-hydrogen) atoms. The number of thioether (sulfide) groups is 1. The van der Waals surface area contributed by atoms with E-state index in [0.29, 0.717) is 0 Å². The molecule has 0 aromatic carbocycles. The van der Waals surface area contributed by atoms with Gasteiger partial charge >= 0.3 is 0 Å². The molecule has 3 heteroatoms. The summed E-state index contributed by atoms with van der Waals surface area (Å²) in [6.45, 7) is 4.57. The Hall–Kier alpha value is 0.530. The zero-order chi connectivity index (χ0) is 9.68. The Balaban J connectivity index is 2.20. The first-order valence-corrected chi connectivity index (χ1v) is 7.35. The Labute approximate surface area is 97.3 Å². The number of hydrogen-bond donors (Lipinski definition) is 0. The van der Waals surface area contributed by atoms with Gasteiger partial charge in [-0.15, -0.1) is 11.3 Å². The van der Waals surface area contributed by atoms with E-state index in [2.05, 4.69) is 41.2 Å². The van der Waals surface area contributed by atoms with Crippen LogP contribution in [0, 0.1) is 5.92 Å². The monoisotopic (exact) mass is 278 g/mol. The van der Waals surface area contributed by atoms with Crippen LogP contribution >= 0.6 is 39.0 Å². The molecule has 74 valence electrons. The summed E-state index contributed by atoms with van der Waals surface area (Å²) in [5.41, 5.74) is 0. The van der Waals surface area contributed by atoms with Gasteiger partial charge in [0.05, 0.1) is 0 Å². The van der Waals surface area contributed by atoms with Gasteiger partial charge in [-0.05, 0) is 33.7 Å². The molecule has 1 unspecified atom stereocenters. The third-order valence-corrected chi connectivity index (χ3v) is 5.17. The van der Waals surface area contributed by atoms with Crippen molar-refractivity contribution in [1.29, 1.82) is 0 Å². The first-order chi connectivity index (χ1) is 6.22. The molecule has 0 spiro atoms. The van der Waals surface area contributed by atoms with Gasteiger partial charge in [0.2, 0.25) is 0 Å². The SMILES string of the molecule is CCC(C)CSCc1cc(Br)cs1. The van der Waals surface area contributed by atoms with Crippen molar-refractivity contribution in [1.82, 2.24) is 0 Å². The molecule has 0 aliphatic carbocycles. The van der Waals surface area contributed by atoms with Crippen LogP contribution in [0.4, 0.5) is 0 Å². The Kier molecular flexibility index (Phi) is 5.44. The van der Waals surface area contributed by atoms with Crippen molar-refractivity contribution < 1.29 is 0 Å². The maximum absolute atomic E-state index is 3.47. The maximum atomic E-state index is 3.47. The zero-order valence-electron chi connectivity index (χ0n) is 8.05. The summed E-state index contributed by atoms with van der Waals surface area (Å²) in [7, 11) is 0. The van der Waals surface area contributed by atoms with E-state index in [1.165, 1.54) is 27.3 Å². The van der Waals surface area contributed by atoms with E-state index in [1.807, 2.05) is 23.1 Å². The minimum absolute atomic E-state index is 0.855. The van der Waals surface area contributed by atoms with E-state index < -0.39 is 0 Å². The van der Waals surface area contributed by atoms with Gasteiger partial charge in [0, 0.05) is 20.5 Å². The van der Waals surface area contributed by atoms with Crippen molar-refractivity contribution in [3.8, 4) is 0 Å². The van der Waals surface area contributed by atoms with Gasteiger partial charge in [0.15, 0.2) is 0 Å². The molecule has 0 saturated heterocycles. The molecule has 1 rings (SSSR count). The van der Waals surface area contributed by atoms with Crippen LogP contribution in [0.2, 0.25) is 0 Å². The summed E-state index contributed by atoms with van der Waals surface area (Å²) in [4.78, 5) is 1.47. The van der Waals surface area contributed by atoms with Crippen molar-refractivity contribution in [3.63, 3.8) is 0 Å². The maximum Gasteiger partial charge on any atom is 0.0285 e. The fourth-order valence-corrected chi connectivity index (χ4v) is 3.71. The summed E-state index contributed by atoms with van der Waals surface area (Å²) in [5, 5.41) is 2.15. The predicted molar refractivity (Wildman–Crippen MR) is 67.6 cm³/mol. The molecule has 1 aromatic rings. The summed E-state index contributed by atoms with van der Waals surface area (Å²) >= 11 is 7.35. The van der Waals surface area contributed by atoms with Crippen molar-refractivity contribution in [2.75, 3.05) is 5.75 Å². The second-order valence-electron chi connectivity index (χ2n) is 3.26. The average Bonchev–Trinajstić information content (AvgIpc) is 2.51. The highest BCUT2D eigenvalue weighted by Crippen LogP contribution is 2.25. The molecular formula is C10H15BrS2. The molecule has 0 amide bonds. The lowest BCUT2D eigenvalue weighted by atomic mass is 10.2. The molecule has 0 N–H and O–H groups in total. The second kappa shape index (κ2) is 6.10. The Morgan fingerprint density at radius 2 is 2.38 bits per heavy atom. The van der Waals surface area contributed by atoms with E-state index in [-0.39, 0.29) is 0 Å². The lowest BCUT2D eigenvalue weighted by molar-refractivity contribution is 0.637. The third kappa shape index (κ3) is 4.52.